The third kappa shape index (κ3) is 1.89. The fraction of sp³-hybridized carbons (Fsp3) is 0.462. The van der Waals surface area contributed by atoms with Crippen molar-refractivity contribution in [1.29, 1.82) is 0 Å². The molecule has 1 atom stereocenters. The molecule has 0 aromatic heterocycles. The van der Waals surface area contributed by atoms with E-state index >= 15 is 0 Å². The van der Waals surface area contributed by atoms with Gasteiger partial charge < -0.3 is 9.47 Å². The minimum absolute atomic E-state index is 0.0678. The Labute approximate surface area is 101 Å². The fourth-order valence-corrected chi connectivity index (χ4v) is 2.22. The second-order valence-electron chi connectivity index (χ2n) is 4.41. The highest BCUT2D eigenvalue weighted by Crippen LogP contribution is 2.35. The van der Waals surface area contributed by atoms with Crippen LogP contribution in [0.5, 0.6) is 11.5 Å². The fourth-order valence-electron chi connectivity index (χ4n) is 2.22. The van der Waals surface area contributed by atoms with Crippen molar-refractivity contribution in [2.24, 2.45) is 0 Å². The van der Waals surface area contributed by atoms with Gasteiger partial charge in [-0.15, -0.1) is 0 Å². The lowest BCUT2D eigenvalue weighted by atomic mass is 10.1. The van der Waals surface area contributed by atoms with Gasteiger partial charge in [0.25, 0.3) is 0 Å². The van der Waals surface area contributed by atoms with Crippen molar-refractivity contribution >= 4 is 5.78 Å². The van der Waals surface area contributed by atoms with Crippen molar-refractivity contribution in [1.82, 2.24) is 4.90 Å². The molecule has 4 heteroatoms. The highest BCUT2D eigenvalue weighted by atomic mass is 16.5. The Hall–Kier alpha value is -1.55. The topological polar surface area (TPSA) is 38.8 Å². The van der Waals surface area contributed by atoms with Crippen LogP contribution < -0.4 is 9.47 Å². The molecule has 0 amide bonds. The number of ketones is 1. The number of hydrogen-bond acceptors (Lipinski definition) is 4. The standard InChI is InChI=1S/C13H17NO3/c1-14(2)10-5-8-6-11(16-3)12(17-4)7-9(8)13(10)15/h6-7,10H,5H2,1-4H3. The zero-order valence-electron chi connectivity index (χ0n) is 10.6. The van der Waals surface area contributed by atoms with E-state index in [0.29, 0.717) is 11.5 Å². The molecule has 2 rings (SSSR count). The summed E-state index contributed by atoms with van der Waals surface area (Å²) in [5, 5.41) is 0. The average Bonchev–Trinajstić information content (AvgIpc) is 2.64. The number of carbonyl (C=O) groups excluding carboxylic acids is 1. The van der Waals surface area contributed by atoms with Crippen LogP contribution in [-0.4, -0.2) is 45.0 Å². The summed E-state index contributed by atoms with van der Waals surface area (Å²) >= 11 is 0. The summed E-state index contributed by atoms with van der Waals surface area (Å²) in [7, 11) is 7.02. The normalized spacial score (nSPS) is 18.4. The molecule has 0 radical (unpaired) electrons. The summed E-state index contributed by atoms with van der Waals surface area (Å²) in [6.07, 6.45) is 0.738. The highest BCUT2D eigenvalue weighted by molar-refractivity contribution is 6.05. The second-order valence-corrected chi connectivity index (χ2v) is 4.41. The molecule has 0 spiro atoms. The van der Waals surface area contributed by atoms with E-state index in [0.717, 1.165) is 17.5 Å². The van der Waals surface area contributed by atoms with E-state index in [-0.39, 0.29) is 11.8 Å². The molecule has 92 valence electrons. The van der Waals surface area contributed by atoms with E-state index in [2.05, 4.69) is 0 Å². The molecular formula is C13H17NO3. The van der Waals surface area contributed by atoms with E-state index in [1.165, 1.54) is 0 Å². The van der Waals surface area contributed by atoms with E-state index in [1.807, 2.05) is 25.1 Å². The molecular weight excluding hydrogens is 218 g/mol. The minimum Gasteiger partial charge on any atom is -0.493 e. The maximum absolute atomic E-state index is 12.2. The van der Waals surface area contributed by atoms with Crippen molar-refractivity contribution in [3.8, 4) is 11.5 Å². The quantitative estimate of drug-likeness (QED) is 0.793. The number of hydrogen-bond donors (Lipinski definition) is 0. The number of methoxy groups -OCH3 is 2. The van der Waals surface area contributed by atoms with Crippen molar-refractivity contribution < 1.29 is 14.3 Å². The highest BCUT2D eigenvalue weighted by Gasteiger charge is 2.33. The molecule has 0 fully saturated rings. The number of likely N-dealkylation sites (N-methyl/N-ethyl adjacent to an activating group) is 1. The molecule has 1 aromatic carbocycles. The number of Topliss-reactive ketones (excluding diaryl/α,β-unsaturated/α-hetero) is 1. The summed E-state index contributed by atoms with van der Waals surface area (Å²) in [5.41, 5.74) is 1.78. The predicted molar refractivity (Wildman–Crippen MR) is 65.1 cm³/mol. The maximum Gasteiger partial charge on any atom is 0.180 e. The molecule has 4 nitrogen and oxygen atoms in total. The lowest BCUT2D eigenvalue weighted by Crippen LogP contribution is -2.33. The Morgan fingerprint density at radius 2 is 1.76 bits per heavy atom. The molecule has 17 heavy (non-hydrogen) atoms. The summed E-state index contributed by atoms with van der Waals surface area (Å²) in [5.74, 6) is 1.45. The smallest absolute Gasteiger partial charge is 0.180 e. The molecule has 0 bridgehead atoms. The average molecular weight is 235 g/mol. The minimum atomic E-state index is -0.0678. The van der Waals surface area contributed by atoms with Crippen LogP contribution in [0.1, 0.15) is 15.9 Å². The summed E-state index contributed by atoms with van der Waals surface area (Å²) in [6, 6.07) is 3.61. The van der Waals surface area contributed by atoms with Crippen LogP contribution in [0.4, 0.5) is 0 Å². The number of carbonyl (C=O) groups is 1. The molecule has 0 heterocycles. The van der Waals surface area contributed by atoms with Gasteiger partial charge in [-0.05, 0) is 38.2 Å². The van der Waals surface area contributed by atoms with E-state index < -0.39 is 0 Å². The molecule has 1 unspecified atom stereocenters. The van der Waals surface area contributed by atoms with Crippen molar-refractivity contribution in [2.75, 3.05) is 28.3 Å². The van der Waals surface area contributed by atoms with Crippen LogP contribution in [0.15, 0.2) is 12.1 Å². The van der Waals surface area contributed by atoms with Gasteiger partial charge >= 0.3 is 0 Å². The van der Waals surface area contributed by atoms with Gasteiger partial charge in [-0.1, -0.05) is 0 Å². The SMILES string of the molecule is COc1cc2c(cc1OC)C(=O)C(N(C)C)C2. The van der Waals surface area contributed by atoms with Crippen molar-refractivity contribution in [3.05, 3.63) is 23.3 Å². The number of ether oxygens (including phenoxy) is 2. The van der Waals surface area contributed by atoms with Crippen LogP contribution >= 0.6 is 0 Å². The Morgan fingerprint density at radius 3 is 2.29 bits per heavy atom. The molecule has 0 saturated carbocycles. The van der Waals surface area contributed by atoms with Gasteiger partial charge in [-0.2, -0.15) is 0 Å². The number of nitrogens with zero attached hydrogens (tertiary/aromatic N) is 1. The zero-order valence-corrected chi connectivity index (χ0v) is 10.6. The molecule has 1 aromatic rings. The Bertz CT molecular complexity index is 454. The van der Waals surface area contributed by atoms with Gasteiger partial charge in [0.1, 0.15) is 0 Å². The summed E-state index contributed by atoms with van der Waals surface area (Å²) in [4.78, 5) is 14.1. The lowest BCUT2D eigenvalue weighted by molar-refractivity contribution is 0.0896. The second kappa shape index (κ2) is 4.37. The van der Waals surface area contributed by atoms with Crippen LogP contribution in [0, 0.1) is 0 Å². The van der Waals surface area contributed by atoms with Crippen LogP contribution in [0.2, 0.25) is 0 Å². The third-order valence-electron chi connectivity index (χ3n) is 3.21. The van der Waals surface area contributed by atoms with Gasteiger partial charge in [0, 0.05) is 5.56 Å². The number of fused-ring (bicyclic) bond motifs is 1. The Balaban J connectivity index is 2.45. The predicted octanol–water partition coefficient (Wildman–Crippen LogP) is 1.37. The van der Waals surface area contributed by atoms with Gasteiger partial charge in [-0.3, -0.25) is 9.69 Å². The van der Waals surface area contributed by atoms with E-state index in [1.54, 1.807) is 20.3 Å². The van der Waals surface area contributed by atoms with E-state index in [4.69, 9.17) is 9.47 Å². The number of rotatable bonds is 3. The summed E-state index contributed by atoms with van der Waals surface area (Å²) < 4.78 is 10.5. The van der Waals surface area contributed by atoms with Gasteiger partial charge in [0.15, 0.2) is 17.3 Å². The van der Waals surface area contributed by atoms with Gasteiger partial charge in [0.05, 0.1) is 20.3 Å². The van der Waals surface area contributed by atoms with Crippen molar-refractivity contribution in [3.63, 3.8) is 0 Å². The van der Waals surface area contributed by atoms with Crippen LogP contribution in [0.3, 0.4) is 0 Å². The molecule has 0 aliphatic heterocycles. The largest absolute Gasteiger partial charge is 0.493 e. The first-order chi connectivity index (χ1) is 8.08. The lowest BCUT2D eigenvalue weighted by Gasteiger charge is -2.16. The first kappa shape index (κ1) is 11.9. The van der Waals surface area contributed by atoms with Gasteiger partial charge in [0.2, 0.25) is 0 Å². The molecule has 0 N–H and O–H groups in total. The first-order valence-electron chi connectivity index (χ1n) is 5.54. The maximum atomic E-state index is 12.2. The first-order valence-corrected chi connectivity index (χ1v) is 5.54. The summed E-state index contributed by atoms with van der Waals surface area (Å²) in [6.45, 7) is 0. The Morgan fingerprint density at radius 1 is 1.18 bits per heavy atom. The zero-order chi connectivity index (χ0) is 12.6. The van der Waals surface area contributed by atoms with Crippen LogP contribution in [-0.2, 0) is 6.42 Å². The Kier molecular flexibility index (Phi) is 3.07. The van der Waals surface area contributed by atoms with E-state index in [9.17, 15) is 4.79 Å². The molecule has 1 aliphatic rings. The number of benzene rings is 1. The molecule has 1 aliphatic carbocycles. The third-order valence-corrected chi connectivity index (χ3v) is 3.21. The van der Waals surface area contributed by atoms with Gasteiger partial charge in [-0.25, -0.2) is 0 Å². The van der Waals surface area contributed by atoms with Crippen molar-refractivity contribution in [2.45, 2.75) is 12.5 Å². The van der Waals surface area contributed by atoms with Crippen LogP contribution in [0.25, 0.3) is 0 Å². The molecule has 0 saturated heterocycles. The monoisotopic (exact) mass is 235 g/mol.